The predicted molar refractivity (Wildman–Crippen MR) is 146 cm³/mol. The molecule has 0 unspecified atom stereocenters. The van der Waals surface area contributed by atoms with Crippen LogP contribution in [0.25, 0.3) is 33.6 Å². The van der Waals surface area contributed by atoms with E-state index in [4.69, 9.17) is 9.97 Å². The molecule has 4 heterocycles. The van der Waals surface area contributed by atoms with E-state index in [1.807, 2.05) is 37.5 Å². The molecule has 1 aliphatic carbocycles. The number of hydrogen-bond donors (Lipinski definition) is 2. The molecule has 0 amide bonds. The van der Waals surface area contributed by atoms with Gasteiger partial charge in [-0.1, -0.05) is 30.3 Å². The predicted octanol–water partition coefficient (Wildman–Crippen LogP) is 5.16. The van der Waals surface area contributed by atoms with Gasteiger partial charge in [-0.3, -0.25) is 14.9 Å². The van der Waals surface area contributed by atoms with Crippen molar-refractivity contribution in [1.82, 2.24) is 25.2 Å². The summed E-state index contributed by atoms with van der Waals surface area (Å²) in [5.41, 5.74) is 8.57. The number of nitrogens with zero attached hydrogens (tertiary/aromatic N) is 4. The average Bonchev–Trinajstić information content (AvgIpc) is 3.74. The number of benzene rings is 1. The molecule has 2 aliphatic rings. The lowest BCUT2D eigenvalue weighted by Gasteiger charge is -2.27. The van der Waals surface area contributed by atoms with E-state index < -0.39 is 0 Å². The number of aromatic nitrogens is 3. The average molecular weight is 477 g/mol. The molecule has 4 aromatic rings. The van der Waals surface area contributed by atoms with Gasteiger partial charge in [-0.2, -0.15) is 0 Å². The molecule has 1 saturated heterocycles. The van der Waals surface area contributed by atoms with Gasteiger partial charge in [-0.25, -0.2) is 4.98 Å². The van der Waals surface area contributed by atoms with Crippen molar-refractivity contribution in [2.24, 2.45) is 0 Å². The minimum Gasteiger partial charge on any atom is -0.367 e. The highest BCUT2D eigenvalue weighted by Crippen LogP contribution is 2.32. The molecule has 1 aromatic carbocycles. The minimum absolute atomic E-state index is 0.523. The van der Waals surface area contributed by atoms with E-state index in [1.54, 1.807) is 0 Å². The molecular weight excluding hydrogens is 444 g/mol. The second kappa shape index (κ2) is 10.2. The van der Waals surface area contributed by atoms with Crippen LogP contribution in [-0.4, -0.2) is 52.1 Å². The summed E-state index contributed by atoms with van der Waals surface area (Å²) < 4.78 is 0. The van der Waals surface area contributed by atoms with Gasteiger partial charge in [0.1, 0.15) is 5.82 Å². The fourth-order valence-electron chi connectivity index (χ4n) is 4.71. The van der Waals surface area contributed by atoms with Crippen molar-refractivity contribution >= 4 is 5.82 Å². The minimum atomic E-state index is 0.523. The number of anilines is 1. The molecule has 2 fully saturated rings. The Kier molecular flexibility index (Phi) is 6.45. The van der Waals surface area contributed by atoms with Crippen LogP contribution in [-0.2, 0) is 6.54 Å². The van der Waals surface area contributed by atoms with Gasteiger partial charge in [0.2, 0.25) is 0 Å². The Balaban J connectivity index is 1.29. The number of nitrogens with one attached hydrogen (secondary N) is 2. The highest BCUT2D eigenvalue weighted by Gasteiger charge is 2.22. The van der Waals surface area contributed by atoms with E-state index in [0.29, 0.717) is 6.04 Å². The van der Waals surface area contributed by atoms with Gasteiger partial charge >= 0.3 is 0 Å². The Bertz CT molecular complexity index is 1340. The van der Waals surface area contributed by atoms with Crippen molar-refractivity contribution in [2.45, 2.75) is 32.4 Å². The van der Waals surface area contributed by atoms with Crippen molar-refractivity contribution in [2.75, 3.05) is 31.5 Å². The van der Waals surface area contributed by atoms with E-state index in [1.165, 1.54) is 24.0 Å². The van der Waals surface area contributed by atoms with Crippen LogP contribution in [0.2, 0.25) is 0 Å². The van der Waals surface area contributed by atoms with Crippen LogP contribution >= 0.6 is 0 Å². The van der Waals surface area contributed by atoms with Gasteiger partial charge in [-0.15, -0.1) is 0 Å². The topological polar surface area (TPSA) is 66.0 Å². The third-order valence-electron chi connectivity index (χ3n) is 6.88. The van der Waals surface area contributed by atoms with E-state index in [-0.39, 0.29) is 0 Å². The largest absolute Gasteiger partial charge is 0.367 e. The van der Waals surface area contributed by atoms with Crippen LogP contribution in [0, 0.1) is 6.92 Å². The van der Waals surface area contributed by atoms with E-state index in [9.17, 15) is 0 Å². The summed E-state index contributed by atoms with van der Waals surface area (Å²) in [5, 5.41) is 6.99. The third kappa shape index (κ3) is 5.45. The molecule has 6 rings (SSSR count). The molecule has 1 aliphatic heterocycles. The summed E-state index contributed by atoms with van der Waals surface area (Å²) in [6, 6.07) is 22.0. The first-order chi connectivity index (χ1) is 17.7. The summed E-state index contributed by atoms with van der Waals surface area (Å²) >= 11 is 0. The van der Waals surface area contributed by atoms with E-state index in [0.717, 1.165) is 72.3 Å². The smallest absolute Gasteiger partial charge is 0.127 e. The van der Waals surface area contributed by atoms with Gasteiger partial charge < -0.3 is 10.6 Å². The maximum Gasteiger partial charge on any atom is 0.127 e. The van der Waals surface area contributed by atoms with Crippen LogP contribution in [0.1, 0.15) is 24.1 Å². The SMILES string of the molecule is Cc1cccc(-c2cc(-c3cncc(-c4ccc(CN5CCNCC5)cc4)c3)cc(NC3CC3)n2)n1. The van der Waals surface area contributed by atoms with Gasteiger partial charge in [0, 0.05) is 68.0 Å². The molecule has 0 atom stereocenters. The molecule has 0 bridgehead atoms. The molecule has 36 heavy (non-hydrogen) atoms. The standard InChI is InChI=1S/C30H32N6/c1-21-3-2-4-28(33-21)29-16-24(17-30(35-29)34-27-9-10-27)26-15-25(18-32-19-26)23-7-5-22(6-8-23)20-36-13-11-31-12-14-36/h2-8,15-19,27,31H,9-14,20H2,1H3,(H,34,35). The van der Waals surface area contributed by atoms with Gasteiger partial charge in [0.15, 0.2) is 0 Å². The zero-order valence-corrected chi connectivity index (χ0v) is 20.7. The second-order valence-electron chi connectivity index (χ2n) is 9.89. The summed E-state index contributed by atoms with van der Waals surface area (Å²) in [5.74, 6) is 0.899. The zero-order valence-electron chi connectivity index (χ0n) is 20.7. The number of aryl methyl sites for hydroxylation is 1. The maximum atomic E-state index is 4.89. The van der Waals surface area contributed by atoms with Crippen LogP contribution < -0.4 is 10.6 Å². The number of piperazine rings is 1. The summed E-state index contributed by atoms with van der Waals surface area (Å²) in [6.45, 7) is 7.38. The fraction of sp³-hybridized carbons (Fsp3) is 0.300. The van der Waals surface area contributed by atoms with Crippen molar-refractivity contribution in [1.29, 1.82) is 0 Å². The van der Waals surface area contributed by atoms with Crippen molar-refractivity contribution < 1.29 is 0 Å². The highest BCUT2D eigenvalue weighted by atomic mass is 15.2. The first-order valence-electron chi connectivity index (χ1n) is 12.9. The maximum absolute atomic E-state index is 4.89. The Morgan fingerprint density at radius 1 is 0.833 bits per heavy atom. The lowest BCUT2D eigenvalue weighted by Crippen LogP contribution is -2.42. The van der Waals surface area contributed by atoms with E-state index in [2.05, 4.69) is 63.0 Å². The normalized spacial score (nSPS) is 16.1. The summed E-state index contributed by atoms with van der Waals surface area (Å²) in [6.07, 6.45) is 6.28. The molecule has 2 N–H and O–H groups in total. The van der Waals surface area contributed by atoms with Crippen LogP contribution in [0.3, 0.4) is 0 Å². The molecule has 6 heteroatoms. The summed E-state index contributed by atoms with van der Waals surface area (Å²) in [7, 11) is 0. The van der Waals surface area contributed by atoms with Crippen LogP contribution in [0.15, 0.2) is 73.1 Å². The fourth-order valence-corrected chi connectivity index (χ4v) is 4.71. The molecule has 182 valence electrons. The number of hydrogen-bond acceptors (Lipinski definition) is 6. The molecular formula is C30H32N6. The van der Waals surface area contributed by atoms with Gasteiger partial charge in [0.25, 0.3) is 0 Å². The van der Waals surface area contributed by atoms with Crippen molar-refractivity contribution in [3.05, 3.63) is 84.3 Å². The molecule has 3 aromatic heterocycles. The Morgan fingerprint density at radius 3 is 2.36 bits per heavy atom. The van der Waals surface area contributed by atoms with Gasteiger partial charge in [-0.05, 0) is 66.8 Å². The Labute approximate surface area is 212 Å². The Hall–Kier alpha value is -3.61. The van der Waals surface area contributed by atoms with Crippen molar-refractivity contribution in [3.63, 3.8) is 0 Å². The molecule has 0 spiro atoms. The van der Waals surface area contributed by atoms with Crippen LogP contribution in [0.4, 0.5) is 5.82 Å². The number of rotatable bonds is 7. The first-order valence-corrected chi connectivity index (χ1v) is 12.9. The molecule has 1 saturated carbocycles. The van der Waals surface area contributed by atoms with E-state index >= 15 is 0 Å². The van der Waals surface area contributed by atoms with Crippen molar-refractivity contribution in [3.8, 4) is 33.6 Å². The first kappa shape index (κ1) is 22.8. The number of pyridine rings is 3. The monoisotopic (exact) mass is 476 g/mol. The lowest BCUT2D eigenvalue weighted by molar-refractivity contribution is 0.233. The Morgan fingerprint density at radius 2 is 1.61 bits per heavy atom. The van der Waals surface area contributed by atoms with Crippen LogP contribution in [0.5, 0.6) is 0 Å². The lowest BCUT2D eigenvalue weighted by atomic mass is 10.0. The second-order valence-corrected chi connectivity index (χ2v) is 9.89. The molecule has 0 radical (unpaired) electrons. The summed E-state index contributed by atoms with van der Waals surface area (Å²) in [4.78, 5) is 16.7. The highest BCUT2D eigenvalue weighted by molar-refractivity contribution is 5.76. The molecule has 6 nitrogen and oxygen atoms in total. The van der Waals surface area contributed by atoms with Gasteiger partial charge in [0.05, 0.1) is 11.4 Å². The third-order valence-corrected chi connectivity index (χ3v) is 6.88. The zero-order chi connectivity index (χ0) is 24.3. The quantitative estimate of drug-likeness (QED) is 0.384.